The molecule has 1 aliphatic heterocycles. The molecule has 1 fully saturated rings. The number of aryl methyl sites for hydroxylation is 1. The summed E-state index contributed by atoms with van der Waals surface area (Å²) < 4.78 is 19.0. The number of likely N-dealkylation sites (tertiary alicyclic amines) is 1. The predicted molar refractivity (Wildman–Crippen MR) is 98.7 cm³/mol. The first kappa shape index (κ1) is 17.4. The molecule has 1 saturated heterocycles. The van der Waals surface area contributed by atoms with Gasteiger partial charge in [-0.25, -0.2) is 4.39 Å². The smallest absolute Gasteiger partial charge is 0.253 e. The Morgan fingerprint density at radius 1 is 1.15 bits per heavy atom. The van der Waals surface area contributed by atoms with Crippen LogP contribution in [0, 0.1) is 12.7 Å². The lowest BCUT2D eigenvalue weighted by Crippen LogP contribution is -2.39. The number of halogens is 1. The van der Waals surface area contributed by atoms with Crippen molar-refractivity contribution in [1.82, 2.24) is 15.1 Å². The predicted octanol–water partition coefficient (Wildman–Crippen LogP) is 4.20. The minimum atomic E-state index is -0.349. The maximum atomic E-state index is 13.1. The van der Waals surface area contributed by atoms with Crippen LogP contribution in [0.2, 0.25) is 0 Å². The average Bonchev–Trinajstić information content (AvgIpc) is 3.18. The minimum absolute atomic E-state index is 0.00779. The molecular weight excluding hydrogens is 345 g/mol. The van der Waals surface area contributed by atoms with Gasteiger partial charge in [-0.15, -0.1) is 10.2 Å². The van der Waals surface area contributed by atoms with Gasteiger partial charge in [-0.05, 0) is 55.7 Å². The maximum Gasteiger partial charge on any atom is 0.253 e. The van der Waals surface area contributed by atoms with Gasteiger partial charge < -0.3 is 9.32 Å². The lowest BCUT2D eigenvalue weighted by molar-refractivity contribution is 0.0698. The van der Waals surface area contributed by atoms with Crippen LogP contribution in [-0.4, -0.2) is 34.1 Å². The average molecular weight is 365 g/mol. The summed E-state index contributed by atoms with van der Waals surface area (Å²) in [7, 11) is 0. The van der Waals surface area contributed by atoms with E-state index in [1.807, 2.05) is 31.2 Å². The Morgan fingerprint density at radius 2 is 1.93 bits per heavy atom. The monoisotopic (exact) mass is 365 g/mol. The zero-order valence-electron chi connectivity index (χ0n) is 15.1. The van der Waals surface area contributed by atoms with Crippen molar-refractivity contribution < 1.29 is 13.6 Å². The topological polar surface area (TPSA) is 59.2 Å². The van der Waals surface area contributed by atoms with Crippen molar-refractivity contribution in [1.29, 1.82) is 0 Å². The molecule has 138 valence electrons. The van der Waals surface area contributed by atoms with Gasteiger partial charge in [0.25, 0.3) is 5.91 Å². The van der Waals surface area contributed by atoms with E-state index in [1.54, 1.807) is 4.90 Å². The quantitative estimate of drug-likeness (QED) is 0.698. The third-order valence-corrected chi connectivity index (χ3v) is 4.97. The fourth-order valence-corrected chi connectivity index (χ4v) is 3.46. The Kier molecular flexibility index (Phi) is 4.71. The summed E-state index contributed by atoms with van der Waals surface area (Å²) in [5.74, 6) is 0.624. The molecule has 0 unspecified atom stereocenters. The van der Waals surface area contributed by atoms with Gasteiger partial charge in [0.2, 0.25) is 11.8 Å². The van der Waals surface area contributed by atoms with Gasteiger partial charge >= 0.3 is 0 Å². The molecule has 0 saturated carbocycles. The van der Waals surface area contributed by atoms with Gasteiger partial charge in [0.15, 0.2) is 0 Å². The van der Waals surface area contributed by atoms with Crippen LogP contribution < -0.4 is 0 Å². The fourth-order valence-electron chi connectivity index (χ4n) is 3.46. The number of carbonyl (C=O) groups is 1. The second-order valence-corrected chi connectivity index (χ2v) is 6.86. The first-order chi connectivity index (χ1) is 13.1. The summed E-state index contributed by atoms with van der Waals surface area (Å²) in [5, 5.41) is 8.43. The van der Waals surface area contributed by atoms with Crippen molar-refractivity contribution in [3.8, 4) is 11.5 Å². The van der Waals surface area contributed by atoms with Gasteiger partial charge in [0.1, 0.15) is 5.82 Å². The fraction of sp³-hybridized carbons (Fsp3) is 0.286. The van der Waals surface area contributed by atoms with E-state index < -0.39 is 0 Å². The maximum absolute atomic E-state index is 13.1. The van der Waals surface area contributed by atoms with E-state index in [-0.39, 0.29) is 17.6 Å². The molecule has 5 nitrogen and oxygen atoms in total. The van der Waals surface area contributed by atoms with Crippen LogP contribution >= 0.6 is 0 Å². The minimum Gasteiger partial charge on any atom is -0.420 e. The Labute approximate surface area is 156 Å². The van der Waals surface area contributed by atoms with Gasteiger partial charge in [-0.1, -0.05) is 18.2 Å². The summed E-state index contributed by atoms with van der Waals surface area (Å²) in [6.45, 7) is 3.19. The molecule has 1 atom stereocenters. The van der Waals surface area contributed by atoms with Crippen molar-refractivity contribution in [2.24, 2.45) is 0 Å². The van der Waals surface area contributed by atoms with Gasteiger partial charge in [-0.2, -0.15) is 0 Å². The molecule has 2 heterocycles. The molecule has 3 aromatic rings. The van der Waals surface area contributed by atoms with Gasteiger partial charge in [-0.3, -0.25) is 4.79 Å². The lowest BCUT2D eigenvalue weighted by atomic mass is 9.97. The standard InChI is InChI=1S/C21H20FN3O2/c1-14-5-2-3-7-18(14)20-24-23-19(27-20)16-6-4-12-25(13-16)21(26)15-8-10-17(22)11-9-15/h2-3,5,7-11,16H,4,6,12-13H2,1H3/t16-/m1/s1. The Morgan fingerprint density at radius 3 is 2.70 bits per heavy atom. The number of benzene rings is 2. The molecule has 0 N–H and O–H groups in total. The van der Waals surface area contributed by atoms with E-state index in [0.29, 0.717) is 30.4 Å². The number of hydrogen-bond donors (Lipinski definition) is 0. The molecule has 1 amide bonds. The molecular formula is C21H20FN3O2. The molecule has 2 aromatic carbocycles. The molecule has 1 aromatic heterocycles. The zero-order chi connectivity index (χ0) is 18.8. The van der Waals surface area contributed by atoms with Crippen molar-refractivity contribution in [2.45, 2.75) is 25.7 Å². The van der Waals surface area contributed by atoms with Crippen LogP contribution in [0.25, 0.3) is 11.5 Å². The van der Waals surface area contributed by atoms with Crippen LogP contribution in [0.15, 0.2) is 52.9 Å². The normalized spacial score (nSPS) is 17.1. The van der Waals surface area contributed by atoms with Crippen LogP contribution in [0.4, 0.5) is 4.39 Å². The Bertz CT molecular complexity index is 952. The number of piperidine rings is 1. The number of nitrogens with zero attached hydrogens (tertiary/aromatic N) is 3. The Hall–Kier alpha value is -3.02. The number of aromatic nitrogens is 2. The van der Waals surface area contributed by atoms with Crippen LogP contribution in [0.5, 0.6) is 0 Å². The summed E-state index contributed by atoms with van der Waals surface area (Å²) in [5.41, 5.74) is 2.49. The second kappa shape index (κ2) is 7.31. The van der Waals surface area contributed by atoms with E-state index in [0.717, 1.165) is 24.0 Å². The Balaban J connectivity index is 1.51. The van der Waals surface area contributed by atoms with Crippen molar-refractivity contribution in [3.05, 3.63) is 71.4 Å². The summed E-state index contributed by atoms with van der Waals surface area (Å²) in [6.07, 6.45) is 1.75. The molecule has 1 aliphatic rings. The van der Waals surface area contributed by atoms with E-state index >= 15 is 0 Å². The highest BCUT2D eigenvalue weighted by molar-refractivity contribution is 5.94. The number of hydrogen-bond acceptors (Lipinski definition) is 4. The highest BCUT2D eigenvalue weighted by Crippen LogP contribution is 2.30. The number of rotatable bonds is 3. The van der Waals surface area contributed by atoms with Crippen LogP contribution in [0.3, 0.4) is 0 Å². The van der Waals surface area contributed by atoms with E-state index in [2.05, 4.69) is 10.2 Å². The third-order valence-electron chi connectivity index (χ3n) is 4.97. The first-order valence-electron chi connectivity index (χ1n) is 9.06. The molecule has 4 rings (SSSR count). The van der Waals surface area contributed by atoms with Crippen molar-refractivity contribution in [2.75, 3.05) is 13.1 Å². The van der Waals surface area contributed by atoms with Crippen LogP contribution in [0.1, 0.15) is 40.6 Å². The van der Waals surface area contributed by atoms with Crippen molar-refractivity contribution >= 4 is 5.91 Å². The van der Waals surface area contributed by atoms with E-state index in [4.69, 9.17) is 4.42 Å². The van der Waals surface area contributed by atoms with E-state index in [1.165, 1.54) is 24.3 Å². The van der Waals surface area contributed by atoms with Gasteiger partial charge in [0.05, 0.1) is 5.92 Å². The van der Waals surface area contributed by atoms with Crippen LogP contribution in [-0.2, 0) is 0 Å². The van der Waals surface area contributed by atoms with E-state index in [9.17, 15) is 9.18 Å². The largest absolute Gasteiger partial charge is 0.420 e. The second-order valence-electron chi connectivity index (χ2n) is 6.86. The third kappa shape index (κ3) is 3.60. The molecule has 0 bridgehead atoms. The molecule has 6 heteroatoms. The molecule has 0 spiro atoms. The summed E-state index contributed by atoms with van der Waals surface area (Å²) >= 11 is 0. The lowest BCUT2D eigenvalue weighted by Gasteiger charge is -2.31. The zero-order valence-corrected chi connectivity index (χ0v) is 15.1. The van der Waals surface area contributed by atoms with Crippen molar-refractivity contribution in [3.63, 3.8) is 0 Å². The number of amides is 1. The summed E-state index contributed by atoms with van der Waals surface area (Å²) in [6, 6.07) is 13.5. The highest BCUT2D eigenvalue weighted by Gasteiger charge is 2.29. The molecule has 0 radical (unpaired) electrons. The SMILES string of the molecule is Cc1ccccc1-c1nnc([C@@H]2CCCN(C(=O)c3ccc(F)cc3)C2)o1. The highest BCUT2D eigenvalue weighted by atomic mass is 19.1. The summed E-state index contributed by atoms with van der Waals surface area (Å²) in [4.78, 5) is 14.5. The first-order valence-corrected chi connectivity index (χ1v) is 9.06. The van der Waals surface area contributed by atoms with Gasteiger partial charge in [0, 0.05) is 24.2 Å². The molecule has 27 heavy (non-hydrogen) atoms. The molecule has 0 aliphatic carbocycles. The number of carbonyl (C=O) groups excluding carboxylic acids is 1.